The molecule has 2 heteroatoms. The number of allylic oxidation sites excluding steroid dienone is 6. The number of nitrogens with zero attached hydrogens (tertiary/aromatic N) is 1. The Morgan fingerprint density at radius 3 is 2.35 bits per heavy atom. The van der Waals surface area contributed by atoms with Crippen LogP contribution in [0.15, 0.2) is 157 Å². The SMILES string of the molecule is C=C(C1=C(/C=C\C)C=CCC1)N(c1ccc(-c2ccc3sc4ccccc4c3c2)cc1)c1ccc(C)c(-c2ccccc2CC)c1. The maximum Gasteiger partial charge on any atom is 0.0467 e. The van der Waals surface area contributed by atoms with Gasteiger partial charge in [-0.1, -0.05) is 105 Å². The maximum atomic E-state index is 4.76. The van der Waals surface area contributed by atoms with E-state index in [4.69, 9.17) is 6.58 Å². The summed E-state index contributed by atoms with van der Waals surface area (Å²) in [6, 6.07) is 40.2. The summed E-state index contributed by atoms with van der Waals surface area (Å²) < 4.78 is 2.66. The second-order valence-electron chi connectivity index (χ2n) is 12.0. The molecule has 0 fully saturated rings. The zero-order chi connectivity index (χ0) is 31.6. The van der Waals surface area contributed by atoms with Crippen LogP contribution in [-0.2, 0) is 6.42 Å². The van der Waals surface area contributed by atoms with E-state index in [2.05, 4.69) is 159 Å². The Morgan fingerprint density at radius 1 is 0.783 bits per heavy atom. The Bertz CT molecular complexity index is 2170. The van der Waals surface area contributed by atoms with Crippen LogP contribution in [0.4, 0.5) is 11.4 Å². The van der Waals surface area contributed by atoms with E-state index in [0.29, 0.717) is 0 Å². The highest BCUT2D eigenvalue weighted by Gasteiger charge is 2.21. The Labute approximate surface area is 277 Å². The van der Waals surface area contributed by atoms with Crippen molar-refractivity contribution in [3.05, 3.63) is 168 Å². The average molecular weight is 614 g/mol. The molecule has 5 aromatic carbocycles. The Kier molecular flexibility index (Phi) is 8.30. The summed E-state index contributed by atoms with van der Waals surface area (Å²) in [4.78, 5) is 2.36. The molecule has 1 nitrogen and oxygen atoms in total. The van der Waals surface area contributed by atoms with Crippen molar-refractivity contribution in [1.29, 1.82) is 0 Å². The monoisotopic (exact) mass is 613 g/mol. The number of rotatable bonds is 8. The molecule has 7 rings (SSSR count). The van der Waals surface area contributed by atoms with E-state index in [1.54, 1.807) is 0 Å². The molecule has 0 spiro atoms. The molecule has 0 N–H and O–H groups in total. The van der Waals surface area contributed by atoms with E-state index in [1.807, 2.05) is 11.3 Å². The van der Waals surface area contributed by atoms with Gasteiger partial charge in [0.15, 0.2) is 0 Å². The van der Waals surface area contributed by atoms with Crippen LogP contribution in [0.1, 0.15) is 37.8 Å². The molecule has 0 saturated carbocycles. The largest absolute Gasteiger partial charge is 0.311 e. The van der Waals surface area contributed by atoms with Gasteiger partial charge in [0, 0.05) is 37.2 Å². The number of thiophene rings is 1. The number of fused-ring (bicyclic) bond motifs is 3. The van der Waals surface area contributed by atoms with E-state index in [0.717, 1.165) is 36.3 Å². The van der Waals surface area contributed by atoms with Gasteiger partial charge in [-0.3, -0.25) is 0 Å². The van der Waals surface area contributed by atoms with E-state index in [9.17, 15) is 0 Å². The topological polar surface area (TPSA) is 3.24 Å². The van der Waals surface area contributed by atoms with Gasteiger partial charge >= 0.3 is 0 Å². The van der Waals surface area contributed by atoms with Crippen molar-refractivity contribution >= 4 is 42.9 Å². The number of aryl methyl sites for hydroxylation is 2. The van der Waals surface area contributed by atoms with Crippen molar-refractivity contribution in [3.8, 4) is 22.3 Å². The van der Waals surface area contributed by atoms with Crippen molar-refractivity contribution in [2.75, 3.05) is 4.90 Å². The van der Waals surface area contributed by atoms with Crippen molar-refractivity contribution in [2.45, 2.75) is 40.0 Å². The minimum atomic E-state index is 0.968. The Morgan fingerprint density at radius 2 is 1.52 bits per heavy atom. The molecule has 1 aliphatic rings. The first kappa shape index (κ1) is 29.8. The van der Waals surface area contributed by atoms with Crippen molar-refractivity contribution in [1.82, 2.24) is 0 Å². The van der Waals surface area contributed by atoms with Gasteiger partial charge in [-0.05, 0) is 120 Å². The molecular formula is C44H39NS. The molecular weight excluding hydrogens is 575 g/mol. The lowest BCUT2D eigenvalue weighted by Gasteiger charge is -2.31. The minimum absolute atomic E-state index is 0.968. The van der Waals surface area contributed by atoms with Gasteiger partial charge in [-0.25, -0.2) is 0 Å². The summed E-state index contributed by atoms with van der Waals surface area (Å²) in [5.41, 5.74) is 13.4. The zero-order valence-corrected chi connectivity index (χ0v) is 27.7. The molecule has 1 heterocycles. The van der Waals surface area contributed by atoms with Crippen LogP contribution in [0.3, 0.4) is 0 Å². The van der Waals surface area contributed by atoms with Crippen molar-refractivity contribution < 1.29 is 0 Å². The predicted molar refractivity (Wildman–Crippen MR) is 202 cm³/mol. The molecule has 0 bridgehead atoms. The van der Waals surface area contributed by atoms with Crippen LogP contribution in [0.2, 0.25) is 0 Å². The van der Waals surface area contributed by atoms with Crippen LogP contribution in [0.5, 0.6) is 0 Å². The van der Waals surface area contributed by atoms with Gasteiger partial charge in [-0.2, -0.15) is 0 Å². The number of anilines is 2. The van der Waals surface area contributed by atoms with Gasteiger partial charge in [0.1, 0.15) is 0 Å². The number of hydrogen-bond donors (Lipinski definition) is 0. The third-order valence-corrected chi connectivity index (χ3v) is 10.3. The van der Waals surface area contributed by atoms with Gasteiger partial charge in [-0.15, -0.1) is 11.3 Å². The fraction of sp³-hybridized carbons (Fsp3) is 0.136. The summed E-state index contributed by atoms with van der Waals surface area (Å²) in [5.74, 6) is 0. The summed E-state index contributed by atoms with van der Waals surface area (Å²) in [6.07, 6.45) is 11.8. The fourth-order valence-electron chi connectivity index (χ4n) is 6.76. The van der Waals surface area contributed by atoms with E-state index in [-0.39, 0.29) is 0 Å². The third-order valence-electron chi connectivity index (χ3n) is 9.17. The smallest absolute Gasteiger partial charge is 0.0467 e. The number of hydrogen-bond acceptors (Lipinski definition) is 2. The maximum absolute atomic E-state index is 4.76. The van der Waals surface area contributed by atoms with Crippen molar-refractivity contribution in [2.24, 2.45) is 0 Å². The second-order valence-corrected chi connectivity index (χ2v) is 13.1. The van der Waals surface area contributed by atoms with Gasteiger partial charge in [0.25, 0.3) is 0 Å². The average Bonchev–Trinajstić information content (AvgIpc) is 3.48. The summed E-state index contributed by atoms with van der Waals surface area (Å²) in [7, 11) is 0. The van der Waals surface area contributed by atoms with Crippen LogP contribution >= 0.6 is 11.3 Å². The molecule has 1 aromatic heterocycles. The molecule has 0 unspecified atom stereocenters. The standard InChI is InChI=1S/C44H39NS/c1-5-13-34-15-8-9-16-38(34)31(4)45(37-24-20-30(3)41(29-37)39-17-10-7-14-32(39)6-2)36-25-21-33(22-26-36)35-23-27-44-42(28-35)40-18-11-12-19-43(40)46-44/h5,7-8,10-15,17-29H,4,6,9,16H2,1-3H3/b13-5-. The minimum Gasteiger partial charge on any atom is -0.311 e. The Hall–Kier alpha value is -4.92. The molecule has 6 aromatic rings. The van der Waals surface area contributed by atoms with Gasteiger partial charge < -0.3 is 4.90 Å². The molecule has 0 radical (unpaired) electrons. The van der Waals surface area contributed by atoms with Gasteiger partial charge in [0.2, 0.25) is 0 Å². The third kappa shape index (κ3) is 5.55. The van der Waals surface area contributed by atoms with Crippen LogP contribution in [0, 0.1) is 6.92 Å². The first-order chi connectivity index (χ1) is 22.6. The molecule has 46 heavy (non-hydrogen) atoms. The molecule has 1 aliphatic carbocycles. The van der Waals surface area contributed by atoms with Crippen LogP contribution in [0.25, 0.3) is 42.4 Å². The molecule has 226 valence electrons. The molecule has 0 aliphatic heterocycles. The van der Waals surface area contributed by atoms with E-state index < -0.39 is 0 Å². The number of benzene rings is 5. The van der Waals surface area contributed by atoms with Gasteiger partial charge in [0.05, 0.1) is 0 Å². The first-order valence-corrected chi connectivity index (χ1v) is 17.1. The summed E-state index contributed by atoms with van der Waals surface area (Å²) >= 11 is 1.86. The molecule has 0 saturated heterocycles. The predicted octanol–water partition coefficient (Wildman–Crippen LogP) is 13.1. The highest BCUT2D eigenvalue weighted by atomic mass is 32.1. The first-order valence-electron chi connectivity index (χ1n) is 16.3. The van der Waals surface area contributed by atoms with Crippen molar-refractivity contribution in [3.63, 3.8) is 0 Å². The van der Waals surface area contributed by atoms with Crippen LogP contribution in [-0.4, -0.2) is 0 Å². The second kappa shape index (κ2) is 12.8. The highest BCUT2D eigenvalue weighted by molar-refractivity contribution is 7.25. The van der Waals surface area contributed by atoms with E-state index >= 15 is 0 Å². The Balaban J connectivity index is 1.34. The fourth-order valence-corrected chi connectivity index (χ4v) is 7.85. The lowest BCUT2D eigenvalue weighted by atomic mass is 9.92. The zero-order valence-electron chi connectivity index (χ0n) is 26.9. The quantitative estimate of drug-likeness (QED) is 0.165. The lowest BCUT2D eigenvalue weighted by molar-refractivity contribution is 0.941. The van der Waals surface area contributed by atoms with Crippen LogP contribution < -0.4 is 4.90 Å². The summed E-state index contributed by atoms with van der Waals surface area (Å²) in [5, 5.41) is 2.65. The molecule has 0 atom stereocenters. The highest BCUT2D eigenvalue weighted by Crippen LogP contribution is 2.41. The lowest BCUT2D eigenvalue weighted by Crippen LogP contribution is -2.19. The molecule has 0 amide bonds. The van der Waals surface area contributed by atoms with E-state index in [1.165, 1.54) is 64.7 Å². The summed E-state index contributed by atoms with van der Waals surface area (Å²) in [6.45, 7) is 11.3. The normalized spacial score (nSPS) is 13.3.